The van der Waals surface area contributed by atoms with E-state index in [1.807, 2.05) is 35.4 Å². The summed E-state index contributed by atoms with van der Waals surface area (Å²) in [6, 6.07) is 14.2. The Morgan fingerprint density at radius 3 is 1.81 bits per heavy atom. The van der Waals surface area contributed by atoms with Crippen LogP contribution >= 0.6 is 11.6 Å². The third kappa shape index (κ3) is 17.7. The minimum atomic E-state index is -0.0685. The quantitative estimate of drug-likeness (QED) is 0.422. The molecule has 2 aliphatic heterocycles. The van der Waals surface area contributed by atoms with Crippen molar-refractivity contribution in [3.05, 3.63) is 64.9 Å². The van der Waals surface area contributed by atoms with E-state index in [-0.39, 0.29) is 29.3 Å². The largest absolute Gasteiger partial charge is 0.343 e. The van der Waals surface area contributed by atoms with Crippen molar-refractivity contribution in [3.63, 3.8) is 0 Å². The van der Waals surface area contributed by atoms with Gasteiger partial charge in [-0.2, -0.15) is 0 Å². The third-order valence-electron chi connectivity index (χ3n) is 8.13. The van der Waals surface area contributed by atoms with Crippen molar-refractivity contribution in [2.45, 2.75) is 59.0 Å². The highest BCUT2D eigenvalue weighted by Gasteiger charge is 2.41. The first kappa shape index (κ1) is 47.5. The molecule has 0 spiro atoms. The summed E-state index contributed by atoms with van der Waals surface area (Å²) in [5.74, 6) is 0.727. The second-order valence-electron chi connectivity index (χ2n) is 12.3. The van der Waals surface area contributed by atoms with Gasteiger partial charge >= 0.3 is 0 Å². The van der Waals surface area contributed by atoms with Crippen molar-refractivity contribution in [1.82, 2.24) is 19.7 Å². The Labute approximate surface area is 362 Å². The van der Waals surface area contributed by atoms with E-state index in [1.54, 1.807) is 113 Å². The Kier molecular flexibility index (Phi) is 24.5. The molecule has 4 rings (SSSR count). The average Bonchev–Trinajstić information content (AvgIpc) is 3.13. The summed E-state index contributed by atoms with van der Waals surface area (Å²) in [7, 11) is 23.5. The van der Waals surface area contributed by atoms with E-state index in [9.17, 15) is 9.59 Å². The average molecular weight is 1020 g/mol. The summed E-state index contributed by atoms with van der Waals surface area (Å²) in [5, 5.41) is 0.718. The molecule has 2 saturated heterocycles. The lowest BCUT2D eigenvalue weighted by molar-refractivity contribution is -0.141. The molecule has 0 saturated carbocycles. The summed E-state index contributed by atoms with van der Waals surface area (Å²) in [5.41, 5.74) is 2.09. The van der Waals surface area contributed by atoms with Gasteiger partial charge in [-0.05, 0) is 54.0 Å². The highest BCUT2D eigenvalue weighted by molar-refractivity contribution is 8.77. The van der Waals surface area contributed by atoms with Crippen molar-refractivity contribution < 1.29 is 9.59 Å². The van der Waals surface area contributed by atoms with Crippen LogP contribution in [0.5, 0.6) is 0 Å². The molecule has 2 aliphatic rings. The van der Waals surface area contributed by atoms with Crippen molar-refractivity contribution >= 4 is 170 Å². The van der Waals surface area contributed by atoms with Gasteiger partial charge < -0.3 is 9.80 Å². The number of carbonyl (C=O) groups is 2. The van der Waals surface area contributed by atoms with Crippen LogP contribution in [0.4, 0.5) is 0 Å². The number of hydrogen-bond acceptors (Lipinski definition) is 6. The van der Waals surface area contributed by atoms with Crippen molar-refractivity contribution in [2.24, 2.45) is 11.3 Å². The number of benzene rings is 1. The van der Waals surface area contributed by atoms with Gasteiger partial charge in [-0.1, -0.05) is 50.6 Å². The van der Waals surface area contributed by atoms with Gasteiger partial charge in [0.15, 0.2) is 0 Å². The summed E-state index contributed by atoms with van der Waals surface area (Å²) in [6.07, 6.45) is 4.23. The number of hydrogen-bond donors (Lipinski definition) is 0. The number of piperidine rings is 1. The molecule has 0 bridgehead atoms. The van der Waals surface area contributed by atoms with Crippen LogP contribution in [0.1, 0.15) is 64.3 Å². The Morgan fingerprint density at radius 2 is 1.35 bits per heavy atom. The van der Waals surface area contributed by atoms with E-state index < -0.39 is 0 Å². The van der Waals surface area contributed by atoms with Gasteiger partial charge in [0.1, 0.15) is 0 Å². The maximum absolute atomic E-state index is 13.6. The molecule has 23 heteroatoms. The number of piperazine rings is 1. The van der Waals surface area contributed by atoms with E-state index in [4.69, 9.17) is 39.0 Å². The van der Waals surface area contributed by atoms with Crippen LogP contribution in [0, 0.1) is 11.3 Å². The molecule has 2 amide bonds. The van der Waals surface area contributed by atoms with Crippen LogP contribution in [0.3, 0.4) is 0 Å². The molecule has 0 aliphatic carbocycles. The molecular formula is C29H39ClN4O2S16. The lowest BCUT2D eigenvalue weighted by Gasteiger charge is -2.49. The van der Waals surface area contributed by atoms with Gasteiger partial charge in [-0.15, -0.1) is 0 Å². The number of rotatable bonds is 5. The fraction of sp³-hybridized carbons (Fsp3) is 0.552. The van der Waals surface area contributed by atoms with Crippen LogP contribution in [-0.4, -0.2) is 70.3 Å². The standard InChI is InChI=1S/C29H39ClN4O2.S16/c1-21(35)32-15-12-22(13-16-32)19-27(36)34-18-17-33(20-26(34)29(2,3)4)28(25-7-5-6-14-31-25)23-8-10-24(30)11-9-23;1-3-5-7-9-11-13-15-16-14-12-10-8-6-4-2/h5-11,14,22,26,28H,12-13,15-20H2,1-4H3;/t26-,28?;/m1./s1. The minimum absolute atomic E-state index is 0.00137. The zero-order valence-electron chi connectivity index (χ0n) is 28.5. The summed E-state index contributed by atoms with van der Waals surface area (Å²) in [6.45, 7) is 12.1. The topological polar surface area (TPSA) is 56.8 Å². The number of aromatic nitrogens is 1. The normalized spacial score (nSPS) is 16.7. The van der Waals surface area contributed by atoms with Gasteiger partial charge in [0.2, 0.25) is 11.8 Å². The van der Waals surface area contributed by atoms with Crippen LogP contribution < -0.4 is 0 Å². The Morgan fingerprint density at radius 1 is 0.808 bits per heavy atom. The van der Waals surface area contributed by atoms with Crippen LogP contribution in [0.25, 0.3) is 0 Å². The number of carbonyl (C=O) groups excluding carboxylic acids is 2. The van der Waals surface area contributed by atoms with Gasteiger partial charge in [-0.25, -0.2) is 0 Å². The van der Waals surface area contributed by atoms with E-state index in [0.29, 0.717) is 18.9 Å². The highest BCUT2D eigenvalue weighted by atomic mass is 35.5. The SMILES string of the molecule is CC(=O)N1CCC(CC(=O)N2CCN(C(c3ccc(Cl)cc3)c3ccccn3)C[C@@H]2C(C)(C)C)CC1.S=S=S=S=S=S=S=S=S=S=S=S=S=S=S=S. The highest BCUT2D eigenvalue weighted by Crippen LogP contribution is 2.35. The van der Waals surface area contributed by atoms with E-state index >= 15 is 0 Å². The lowest BCUT2D eigenvalue weighted by atomic mass is 9.82. The fourth-order valence-electron chi connectivity index (χ4n) is 5.78. The number of likely N-dealkylation sites (tertiary alicyclic amines) is 1. The lowest BCUT2D eigenvalue weighted by Crippen LogP contribution is -2.60. The Hall–Kier alpha value is 1.08. The number of pyridine rings is 1. The Bertz CT molecular complexity index is 2080. The van der Waals surface area contributed by atoms with E-state index in [1.165, 1.54) is 17.8 Å². The fourth-order valence-corrected chi connectivity index (χ4v) is 38.8. The second-order valence-corrected chi connectivity index (χ2v) is 37.5. The molecule has 6 nitrogen and oxygen atoms in total. The first-order valence-corrected chi connectivity index (χ1v) is 36.0. The molecule has 0 N–H and O–H groups in total. The molecular weight excluding hydrogens is 985 g/mol. The van der Waals surface area contributed by atoms with Crippen molar-refractivity contribution in [2.75, 3.05) is 32.7 Å². The third-order valence-corrected chi connectivity index (χ3v) is 37.3. The minimum Gasteiger partial charge on any atom is -0.343 e. The first-order valence-electron chi connectivity index (χ1n) is 15.6. The summed E-state index contributed by atoms with van der Waals surface area (Å²) in [4.78, 5) is 36.5. The van der Waals surface area contributed by atoms with Crippen molar-refractivity contribution in [3.8, 4) is 0 Å². The molecule has 2 fully saturated rings. The number of nitrogens with zero attached hydrogens (tertiary/aromatic N) is 4. The molecule has 2 atom stereocenters. The number of halogens is 1. The van der Waals surface area contributed by atoms with Crippen LogP contribution in [0.2, 0.25) is 5.02 Å². The molecule has 3 heterocycles. The monoisotopic (exact) mass is 1020 g/mol. The second kappa shape index (κ2) is 26.9. The molecule has 1 unspecified atom stereocenters. The predicted molar refractivity (Wildman–Crippen MR) is 261 cm³/mol. The zero-order valence-corrected chi connectivity index (χ0v) is 42.3. The zero-order chi connectivity index (χ0) is 37.8. The molecule has 1 aromatic carbocycles. The smallest absolute Gasteiger partial charge is 0.223 e. The maximum atomic E-state index is 13.6. The molecule has 0 radical (unpaired) electrons. The van der Waals surface area contributed by atoms with Gasteiger partial charge in [0, 0.05) is 210 Å². The summed E-state index contributed by atoms with van der Waals surface area (Å²) >= 11 is 15.7. The number of amides is 2. The summed E-state index contributed by atoms with van der Waals surface area (Å²) < 4.78 is 0. The van der Waals surface area contributed by atoms with Crippen LogP contribution in [0.15, 0.2) is 48.7 Å². The van der Waals surface area contributed by atoms with Gasteiger partial charge in [0.25, 0.3) is 0 Å². The van der Waals surface area contributed by atoms with E-state index in [2.05, 4.69) is 48.8 Å². The Balaban J connectivity index is 0.000000385. The van der Waals surface area contributed by atoms with Crippen molar-refractivity contribution in [1.29, 1.82) is 0 Å². The van der Waals surface area contributed by atoms with Gasteiger partial charge in [0.05, 0.1) is 11.7 Å². The predicted octanol–water partition coefficient (Wildman–Crippen LogP) is 4.99. The first-order chi connectivity index (χ1) is 25.0. The molecule has 2 aromatic rings. The molecule has 290 valence electrons. The van der Waals surface area contributed by atoms with Crippen LogP contribution in [-0.2, 0) is 156 Å². The maximum Gasteiger partial charge on any atom is 0.223 e. The van der Waals surface area contributed by atoms with Gasteiger partial charge in [-0.3, -0.25) is 19.5 Å². The van der Waals surface area contributed by atoms with E-state index in [0.717, 1.165) is 55.3 Å². The molecule has 52 heavy (non-hydrogen) atoms. The molecule has 1 aromatic heterocycles.